The summed E-state index contributed by atoms with van der Waals surface area (Å²) >= 11 is 0. The van der Waals surface area contributed by atoms with Gasteiger partial charge in [-0.05, 0) is 45.2 Å². The van der Waals surface area contributed by atoms with Crippen LogP contribution in [0.2, 0.25) is 0 Å². The predicted octanol–water partition coefficient (Wildman–Crippen LogP) is 1.87. The van der Waals surface area contributed by atoms with Crippen molar-refractivity contribution < 1.29 is 9.90 Å². The van der Waals surface area contributed by atoms with Gasteiger partial charge < -0.3 is 14.9 Å². The lowest BCUT2D eigenvalue weighted by Crippen LogP contribution is -2.40. The van der Waals surface area contributed by atoms with E-state index in [-0.39, 0.29) is 11.8 Å². The molecule has 1 aliphatic heterocycles. The Labute approximate surface area is 123 Å². The summed E-state index contributed by atoms with van der Waals surface area (Å²) < 4.78 is 0. The quantitative estimate of drug-likeness (QED) is 0.809. The topological polar surface area (TPSA) is 43.8 Å². The van der Waals surface area contributed by atoms with Gasteiger partial charge >= 0.3 is 0 Å². The third-order valence-electron chi connectivity index (χ3n) is 4.98. The Morgan fingerprint density at radius 3 is 2.45 bits per heavy atom. The van der Waals surface area contributed by atoms with Gasteiger partial charge in [-0.1, -0.05) is 19.8 Å². The molecular weight excluding hydrogens is 252 g/mol. The molecule has 1 aliphatic carbocycles. The van der Waals surface area contributed by atoms with Gasteiger partial charge in [0.1, 0.15) is 0 Å². The highest BCUT2D eigenvalue weighted by molar-refractivity contribution is 5.78. The van der Waals surface area contributed by atoms with Gasteiger partial charge in [0.05, 0.1) is 5.60 Å². The number of aliphatic hydroxyl groups is 1. The van der Waals surface area contributed by atoms with Crippen molar-refractivity contribution in [1.29, 1.82) is 0 Å². The van der Waals surface area contributed by atoms with Gasteiger partial charge in [0.25, 0.3) is 0 Å². The van der Waals surface area contributed by atoms with Crippen molar-refractivity contribution in [2.45, 2.75) is 57.5 Å². The minimum absolute atomic E-state index is 0.0660. The fraction of sp³-hybridized carbons (Fsp3) is 0.938. The molecule has 0 radical (unpaired) electrons. The van der Waals surface area contributed by atoms with Crippen molar-refractivity contribution in [3.8, 4) is 0 Å². The van der Waals surface area contributed by atoms with Crippen LogP contribution >= 0.6 is 0 Å². The number of likely N-dealkylation sites (tertiary alicyclic amines) is 1. The van der Waals surface area contributed by atoms with E-state index in [1.54, 1.807) is 0 Å². The molecule has 2 rings (SSSR count). The molecule has 2 aliphatic rings. The first kappa shape index (κ1) is 15.8. The predicted molar refractivity (Wildman–Crippen MR) is 80.5 cm³/mol. The highest BCUT2D eigenvalue weighted by Gasteiger charge is 2.31. The van der Waals surface area contributed by atoms with Crippen LogP contribution in [0.25, 0.3) is 0 Å². The standard InChI is InChI=1S/C16H30N2O2/c1-14(13-18-10-5-6-11-18)15(19)17(2)12-9-16(20)7-3-4-8-16/h14,20H,3-13H2,1-2H3. The first-order valence-electron chi connectivity index (χ1n) is 8.20. The van der Waals surface area contributed by atoms with Crippen LogP contribution in [0.3, 0.4) is 0 Å². The molecule has 0 bridgehead atoms. The van der Waals surface area contributed by atoms with E-state index in [1.807, 2.05) is 18.9 Å². The molecule has 1 heterocycles. The van der Waals surface area contributed by atoms with E-state index in [4.69, 9.17) is 0 Å². The number of carbonyl (C=O) groups excluding carboxylic acids is 1. The molecule has 116 valence electrons. The molecule has 4 heteroatoms. The first-order chi connectivity index (χ1) is 9.50. The Balaban J connectivity index is 1.72. The lowest BCUT2D eigenvalue weighted by molar-refractivity contribution is -0.134. The Bertz CT molecular complexity index is 320. The van der Waals surface area contributed by atoms with Gasteiger partial charge in [0.15, 0.2) is 0 Å². The van der Waals surface area contributed by atoms with E-state index >= 15 is 0 Å². The van der Waals surface area contributed by atoms with Gasteiger partial charge in [0.2, 0.25) is 5.91 Å². The smallest absolute Gasteiger partial charge is 0.226 e. The molecule has 0 spiro atoms. The van der Waals surface area contributed by atoms with Crippen LogP contribution in [0.5, 0.6) is 0 Å². The number of nitrogens with zero attached hydrogens (tertiary/aromatic N) is 2. The fourth-order valence-electron chi connectivity index (χ4n) is 3.58. The Morgan fingerprint density at radius 2 is 1.85 bits per heavy atom. The van der Waals surface area contributed by atoms with Crippen LogP contribution in [0.4, 0.5) is 0 Å². The van der Waals surface area contributed by atoms with Crippen LogP contribution in [0.1, 0.15) is 51.9 Å². The summed E-state index contributed by atoms with van der Waals surface area (Å²) in [4.78, 5) is 16.6. The second-order valence-corrected chi connectivity index (χ2v) is 6.85. The molecular formula is C16H30N2O2. The van der Waals surface area contributed by atoms with Crippen molar-refractivity contribution in [3.63, 3.8) is 0 Å². The first-order valence-corrected chi connectivity index (χ1v) is 8.20. The second kappa shape index (κ2) is 6.90. The second-order valence-electron chi connectivity index (χ2n) is 6.85. The van der Waals surface area contributed by atoms with Crippen molar-refractivity contribution in [3.05, 3.63) is 0 Å². The summed E-state index contributed by atoms with van der Waals surface area (Å²) in [6, 6.07) is 0. The lowest BCUT2D eigenvalue weighted by atomic mass is 9.97. The average Bonchev–Trinajstić information content (AvgIpc) is 3.07. The molecule has 1 N–H and O–H groups in total. The minimum Gasteiger partial charge on any atom is -0.390 e. The van der Waals surface area contributed by atoms with Crippen molar-refractivity contribution in [2.24, 2.45) is 5.92 Å². The highest BCUT2D eigenvalue weighted by Crippen LogP contribution is 2.32. The summed E-state index contributed by atoms with van der Waals surface area (Å²) in [7, 11) is 1.88. The molecule has 20 heavy (non-hydrogen) atoms. The zero-order valence-corrected chi connectivity index (χ0v) is 13.1. The van der Waals surface area contributed by atoms with Crippen LogP contribution in [0.15, 0.2) is 0 Å². The summed E-state index contributed by atoms with van der Waals surface area (Å²) in [6.07, 6.45) is 7.31. The number of rotatable bonds is 6. The van der Waals surface area contributed by atoms with E-state index in [2.05, 4.69) is 4.90 Å². The number of amides is 1. The van der Waals surface area contributed by atoms with E-state index in [0.29, 0.717) is 6.54 Å². The van der Waals surface area contributed by atoms with Gasteiger partial charge in [-0.2, -0.15) is 0 Å². The molecule has 1 unspecified atom stereocenters. The average molecular weight is 282 g/mol. The van der Waals surface area contributed by atoms with Gasteiger partial charge in [-0.3, -0.25) is 4.79 Å². The molecule has 0 aromatic rings. The van der Waals surface area contributed by atoms with Crippen molar-refractivity contribution in [1.82, 2.24) is 9.80 Å². The summed E-state index contributed by atoms with van der Waals surface area (Å²) in [5.41, 5.74) is -0.507. The number of hydrogen-bond acceptors (Lipinski definition) is 3. The van der Waals surface area contributed by atoms with Gasteiger partial charge in [-0.25, -0.2) is 0 Å². The van der Waals surface area contributed by atoms with E-state index in [1.165, 1.54) is 12.8 Å². The van der Waals surface area contributed by atoms with Crippen LogP contribution < -0.4 is 0 Å². The fourth-order valence-corrected chi connectivity index (χ4v) is 3.58. The molecule has 2 fully saturated rings. The third-order valence-corrected chi connectivity index (χ3v) is 4.98. The molecule has 1 amide bonds. The Kier molecular flexibility index (Phi) is 5.44. The van der Waals surface area contributed by atoms with Gasteiger partial charge in [0, 0.05) is 26.1 Å². The van der Waals surface area contributed by atoms with E-state index < -0.39 is 5.60 Å². The Hall–Kier alpha value is -0.610. The number of hydrogen-bond donors (Lipinski definition) is 1. The van der Waals surface area contributed by atoms with Crippen LogP contribution in [-0.2, 0) is 4.79 Å². The summed E-state index contributed by atoms with van der Waals surface area (Å²) in [5.74, 6) is 0.287. The monoisotopic (exact) mass is 282 g/mol. The van der Waals surface area contributed by atoms with Crippen molar-refractivity contribution in [2.75, 3.05) is 33.2 Å². The maximum atomic E-state index is 12.4. The van der Waals surface area contributed by atoms with Crippen LogP contribution in [0, 0.1) is 5.92 Å². The zero-order chi connectivity index (χ0) is 14.6. The minimum atomic E-state index is -0.507. The highest BCUT2D eigenvalue weighted by atomic mass is 16.3. The normalized spacial score (nSPS) is 23.9. The maximum Gasteiger partial charge on any atom is 0.226 e. The maximum absolute atomic E-state index is 12.4. The van der Waals surface area contributed by atoms with E-state index in [0.717, 1.165) is 51.7 Å². The summed E-state index contributed by atoms with van der Waals surface area (Å²) in [5, 5.41) is 10.3. The molecule has 0 aromatic carbocycles. The molecule has 4 nitrogen and oxygen atoms in total. The molecule has 0 aromatic heterocycles. The summed E-state index contributed by atoms with van der Waals surface area (Å²) in [6.45, 7) is 5.87. The number of carbonyl (C=O) groups is 1. The lowest BCUT2D eigenvalue weighted by Gasteiger charge is -2.28. The largest absolute Gasteiger partial charge is 0.390 e. The van der Waals surface area contributed by atoms with Crippen molar-refractivity contribution >= 4 is 5.91 Å². The Morgan fingerprint density at radius 1 is 1.25 bits per heavy atom. The molecule has 1 atom stereocenters. The van der Waals surface area contributed by atoms with E-state index in [9.17, 15) is 9.90 Å². The van der Waals surface area contributed by atoms with Gasteiger partial charge in [-0.15, -0.1) is 0 Å². The SMILES string of the molecule is CC(CN1CCCC1)C(=O)N(C)CCC1(O)CCCC1. The molecule has 1 saturated carbocycles. The zero-order valence-electron chi connectivity index (χ0n) is 13.1. The van der Waals surface area contributed by atoms with Crippen LogP contribution in [-0.4, -0.2) is 59.6 Å². The molecule has 1 saturated heterocycles. The third kappa shape index (κ3) is 4.19.